The number of piperidine rings is 4. The molecule has 6 aliphatic heterocycles. The van der Waals surface area contributed by atoms with Crippen molar-refractivity contribution < 1.29 is 58.2 Å². The van der Waals surface area contributed by atoms with Crippen molar-refractivity contribution in [3.63, 3.8) is 0 Å². The highest BCUT2D eigenvalue weighted by Crippen LogP contribution is 2.37. The van der Waals surface area contributed by atoms with E-state index in [0.29, 0.717) is 29.2 Å². The number of hydrogen-bond acceptors (Lipinski definition) is 18. The number of benzene rings is 2. The maximum Gasteiger partial charge on any atom is 0.342 e. The number of aliphatic hydroxyl groups is 1. The number of rotatable bonds is 13. The zero-order chi connectivity index (χ0) is 61.2. The molecule has 6 fully saturated rings. The van der Waals surface area contributed by atoms with Crippen molar-refractivity contribution in [1.29, 1.82) is 0 Å². The number of aromatic hydroxyl groups is 1. The SMILES string of the molecule is CC[C@H]1NC(=O)[C@@H](NC(=O)c2ncccc2O)[C@@H](C)OC(=O)[C@H](c2ccccc2)NC(=O)[C@@H]2CC(=O)[C@H](CS[C@@H]3CN4CCC3CC4)CN2C(=O)[C@H](Cc2ccc(N(C)C)cc2)N(C)C(=O)[C@@H]2CCCN2C1=O.Cc1ncc([N+](=O)[O-])n1CCO. The number of hydrogen-bond donors (Lipinski definition) is 5. The third-order valence-corrected chi connectivity index (χ3v) is 18.3. The topological polar surface area (TPSA) is 312 Å². The molecule has 9 atom stereocenters. The molecule has 6 amide bonds. The summed E-state index contributed by atoms with van der Waals surface area (Å²) in [7, 11) is 5.33. The first-order valence-corrected chi connectivity index (χ1v) is 29.8. The molecule has 456 valence electrons. The fourth-order valence-electron chi connectivity index (χ4n) is 11.7. The Hall–Kier alpha value is -7.97. The van der Waals surface area contributed by atoms with Crippen LogP contribution in [0.3, 0.4) is 0 Å². The fourth-order valence-corrected chi connectivity index (χ4v) is 13.4. The van der Waals surface area contributed by atoms with E-state index in [9.17, 15) is 39.2 Å². The monoisotopic (exact) mass is 1190 g/mol. The molecular weight excluding hydrogens is 1120 g/mol. The molecule has 25 nitrogen and oxygen atoms in total. The number of aromatic nitrogens is 3. The van der Waals surface area contributed by atoms with Crippen LogP contribution < -0.4 is 20.9 Å². The zero-order valence-electron chi connectivity index (χ0n) is 48.7. The molecule has 4 aromatic rings. The third kappa shape index (κ3) is 14.8. The summed E-state index contributed by atoms with van der Waals surface area (Å²) in [6, 6.07) is 10.3. The largest absolute Gasteiger partial charge is 0.505 e. The minimum absolute atomic E-state index is 0.0289. The second kappa shape index (κ2) is 28.3. The van der Waals surface area contributed by atoms with Crippen LogP contribution in [0.1, 0.15) is 85.9 Å². The summed E-state index contributed by atoms with van der Waals surface area (Å²) in [4.78, 5) is 144. The van der Waals surface area contributed by atoms with Crippen molar-refractivity contribution >= 4 is 70.5 Å². The van der Waals surface area contributed by atoms with Gasteiger partial charge < -0.3 is 65.5 Å². The van der Waals surface area contributed by atoms with Crippen molar-refractivity contribution in [1.82, 2.24) is 50.1 Å². The summed E-state index contributed by atoms with van der Waals surface area (Å²) in [6.07, 6.45) is 3.59. The summed E-state index contributed by atoms with van der Waals surface area (Å²) in [6.45, 7) is 7.85. The number of aliphatic hydroxyl groups excluding tert-OH is 1. The van der Waals surface area contributed by atoms with Crippen LogP contribution in [-0.2, 0) is 51.3 Å². The Morgan fingerprint density at radius 1 is 0.882 bits per heavy atom. The van der Waals surface area contributed by atoms with Gasteiger partial charge in [-0.1, -0.05) is 49.4 Å². The van der Waals surface area contributed by atoms with E-state index in [1.165, 1.54) is 57.8 Å². The number of nitrogens with zero attached hydrogens (tertiary/aromatic N) is 9. The number of pyridine rings is 1. The quantitative estimate of drug-likeness (QED) is 0.0729. The highest BCUT2D eigenvalue weighted by molar-refractivity contribution is 8.00. The number of fused-ring (bicyclic) bond motifs is 5. The van der Waals surface area contributed by atoms with Crippen molar-refractivity contribution in [3.8, 4) is 5.75 Å². The molecule has 0 saturated carbocycles. The number of amides is 6. The zero-order valence-corrected chi connectivity index (χ0v) is 49.5. The average Bonchev–Trinajstić information content (AvgIpc) is 2.80. The number of ether oxygens (including phenoxy) is 1. The first-order valence-electron chi connectivity index (χ1n) is 28.8. The van der Waals surface area contributed by atoms with E-state index in [-0.39, 0.29) is 69.1 Å². The van der Waals surface area contributed by atoms with Crippen LogP contribution >= 0.6 is 11.8 Å². The predicted octanol–water partition coefficient (Wildman–Crippen LogP) is 2.42. The van der Waals surface area contributed by atoms with Gasteiger partial charge in [0.1, 0.15) is 60.6 Å². The second-order valence-electron chi connectivity index (χ2n) is 22.4. The molecule has 2 aromatic heterocycles. The maximum absolute atomic E-state index is 15.7. The minimum Gasteiger partial charge on any atom is -0.505 e. The van der Waals surface area contributed by atoms with E-state index >= 15 is 14.4 Å². The molecule has 85 heavy (non-hydrogen) atoms. The Morgan fingerprint density at radius 3 is 2.24 bits per heavy atom. The predicted molar refractivity (Wildman–Crippen MR) is 313 cm³/mol. The number of imidazole rings is 1. The highest BCUT2D eigenvalue weighted by Gasteiger charge is 2.48. The van der Waals surface area contributed by atoms with Crippen LogP contribution in [0, 0.1) is 28.9 Å². The van der Waals surface area contributed by atoms with E-state index in [0.717, 1.165) is 43.7 Å². The Morgan fingerprint density at radius 2 is 1.60 bits per heavy atom. The molecule has 5 N–H and O–H groups in total. The van der Waals surface area contributed by atoms with E-state index < -0.39 is 106 Å². The fraction of sp³-hybridized carbons (Fsp3) is 0.525. The van der Waals surface area contributed by atoms with Crippen LogP contribution in [0.4, 0.5) is 11.5 Å². The molecule has 0 radical (unpaired) electrons. The average molecular weight is 1190 g/mol. The van der Waals surface area contributed by atoms with Gasteiger partial charge in [0.25, 0.3) is 5.91 Å². The van der Waals surface area contributed by atoms with Crippen LogP contribution in [0.5, 0.6) is 5.75 Å². The van der Waals surface area contributed by atoms with Crippen LogP contribution in [-0.4, -0.2) is 204 Å². The van der Waals surface area contributed by atoms with E-state index in [1.54, 1.807) is 55.9 Å². The number of carbonyl (C=O) groups is 8. The molecule has 0 unspecified atom stereocenters. The van der Waals surface area contributed by atoms with Gasteiger partial charge in [-0.2, -0.15) is 11.8 Å². The molecular formula is C59H76N12O13S. The summed E-state index contributed by atoms with van der Waals surface area (Å²) in [5.41, 5.74) is 1.49. The number of thioether (sulfide) groups is 1. The van der Waals surface area contributed by atoms with Crippen LogP contribution in [0.2, 0.25) is 0 Å². The Balaban J connectivity index is 0.000000698. The van der Waals surface area contributed by atoms with Gasteiger partial charge in [0, 0.05) is 89.3 Å². The number of ketones is 1. The molecule has 8 heterocycles. The second-order valence-corrected chi connectivity index (χ2v) is 23.7. The summed E-state index contributed by atoms with van der Waals surface area (Å²) < 4.78 is 7.33. The smallest absolute Gasteiger partial charge is 0.342 e. The van der Waals surface area contributed by atoms with Gasteiger partial charge in [-0.25, -0.2) is 19.3 Å². The Kier molecular flexibility index (Phi) is 21.0. The van der Waals surface area contributed by atoms with Crippen molar-refractivity contribution in [2.45, 2.75) is 120 Å². The molecule has 2 bridgehead atoms. The van der Waals surface area contributed by atoms with E-state index in [2.05, 4.69) is 30.8 Å². The summed E-state index contributed by atoms with van der Waals surface area (Å²) in [5.74, 6) is -5.37. The Bertz CT molecular complexity index is 3090. The van der Waals surface area contributed by atoms with Gasteiger partial charge in [-0.3, -0.25) is 33.6 Å². The number of likely N-dealkylation sites (N-methyl/N-ethyl adjacent to an activating group) is 1. The van der Waals surface area contributed by atoms with Gasteiger partial charge in [-0.15, -0.1) is 0 Å². The number of nitro groups is 1. The molecule has 10 rings (SSSR count). The van der Waals surface area contributed by atoms with Crippen LogP contribution in [0.15, 0.2) is 79.1 Å². The molecule has 26 heteroatoms. The minimum atomic E-state index is -1.69. The third-order valence-electron chi connectivity index (χ3n) is 16.7. The molecule has 6 aliphatic rings. The van der Waals surface area contributed by atoms with Gasteiger partial charge >= 0.3 is 11.8 Å². The highest BCUT2D eigenvalue weighted by atomic mass is 32.2. The van der Waals surface area contributed by atoms with Gasteiger partial charge in [0.15, 0.2) is 17.6 Å². The first-order chi connectivity index (χ1) is 40.7. The number of anilines is 1. The van der Waals surface area contributed by atoms with Crippen molar-refractivity contribution in [2.24, 2.45) is 11.8 Å². The molecule has 0 aliphatic carbocycles. The summed E-state index contributed by atoms with van der Waals surface area (Å²) in [5, 5.41) is 37.8. The van der Waals surface area contributed by atoms with Gasteiger partial charge in [0.2, 0.25) is 29.5 Å². The number of Topliss-reactive ketones (excluding diaryl/α,β-unsaturated/α-hetero) is 1. The van der Waals surface area contributed by atoms with Crippen molar-refractivity contribution in [3.05, 3.63) is 112 Å². The summed E-state index contributed by atoms with van der Waals surface area (Å²) >= 11 is 1.73. The number of cyclic esters (lactones) is 1. The standard InChI is InChI=1S/C53H67N9O10S.C6H9N3O3/c1-6-37-50(68)61-23-11-14-38(61)51(69)59(5)40(26-32-16-18-36(19-17-32)58(3)4)52(70)62-28-35(30-73-43-29-60-24-20-33(43)21-25-60)42(64)27-39(62)47(65)57-45(34-12-8-7-9-13-34)53(71)72-31(2)44(48(66)55-37)56-49(67)46-41(63)15-10-22-54-46;1-5-7-4-6(9(11)12)8(5)2-3-10/h7-10,12-13,15-19,22,31,33,35,37-40,43-45,63H,6,11,14,20-21,23-30H2,1-5H3,(H,55,66)(H,56,67)(H,57,65);4,10H,2-3H2,1H3/t31-,35+,37-,38+,39+,40+,43-,44+,45+;/m1./s1. The van der Waals surface area contributed by atoms with Crippen LogP contribution in [0.25, 0.3) is 0 Å². The van der Waals surface area contributed by atoms with E-state index in [1.807, 2.05) is 43.3 Å². The number of aryl methyl sites for hydroxylation is 1. The van der Waals surface area contributed by atoms with E-state index in [4.69, 9.17) is 9.84 Å². The lowest BCUT2D eigenvalue weighted by Crippen LogP contribution is -2.63. The number of carbonyl (C=O) groups excluding carboxylic acids is 8. The molecule has 2 aromatic carbocycles. The number of esters is 1. The lowest BCUT2D eigenvalue weighted by molar-refractivity contribution is -0.392. The van der Waals surface area contributed by atoms with Gasteiger partial charge in [0.05, 0.1) is 6.61 Å². The lowest BCUT2D eigenvalue weighted by Gasteiger charge is -2.45. The first kappa shape index (κ1) is 63.1. The maximum atomic E-state index is 15.7. The van der Waals surface area contributed by atoms with Crippen molar-refractivity contribution in [2.75, 3.05) is 71.1 Å². The lowest BCUT2D eigenvalue weighted by atomic mass is 9.88. The normalized spacial score (nSPS) is 26.8. The molecule has 6 saturated heterocycles. The Labute approximate surface area is 497 Å². The molecule has 0 spiro atoms. The van der Waals surface area contributed by atoms with Gasteiger partial charge in [-0.05, 0) is 98.4 Å². The number of nitrogens with one attached hydrogen (secondary N) is 3.